The molecule has 0 aromatic rings. The average Bonchev–Trinajstić information content (AvgIpc) is 2.80. The number of hydrogen-bond donors (Lipinski definition) is 1. The molecule has 4 atom stereocenters. The van der Waals surface area contributed by atoms with Crippen molar-refractivity contribution in [1.29, 1.82) is 0 Å². The van der Waals surface area contributed by atoms with Crippen LogP contribution in [0.3, 0.4) is 0 Å². The van der Waals surface area contributed by atoms with Crippen molar-refractivity contribution in [2.24, 2.45) is 0 Å². The van der Waals surface area contributed by atoms with Crippen LogP contribution in [-0.2, 0) is 24.3 Å². The Morgan fingerprint density at radius 1 is 1.39 bits per heavy atom. The molecular formula is C8H14N2O7S. The highest BCUT2D eigenvalue weighted by molar-refractivity contribution is 7.90. The summed E-state index contributed by atoms with van der Waals surface area (Å²) >= 11 is 0. The zero-order valence-corrected chi connectivity index (χ0v) is 10.5. The standard InChI is InChI=1S/C8H14N2O7S/c1-2-9-18(13,14)6-4-16-7-5(17-10(11)12)3-15-8(6)7/h5-9H,2-4H2,1H3/t5-,6+,7-,8-/m1/s1. The number of fused-ring (bicyclic) bond motifs is 1. The number of nitrogens with one attached hydrogen (secondary N) is 1. The van der Waals surface area contributed by atoms with E-state index in [1.165, 1.54) is 0 Å². The van der Waals surface area contributed by atoms with Crippen molar-refractivity contribution in [3.05, 3.63) is 10.1 Å². The molecule has 2 rings (SSSR count). The third-order valence-corrected chi connectivity index (χ3v) is 4.82. The molecule has 0 aliphatic carbocycles. The number of hydrogen-bond acceptors (Lipinski definition) is 7. The fourth-order valence-electron chi connectivity index (χ4n) is 2.20. The molecule has 0 spiro atoms. The smallest absolute Gasteiger partial charge is 0.294 e. The number of rotatable bonds is 5. The van der Waals surface area contributed by atoms with Crippen LogP contribution >= 0.6 is 0 Å². The second-order valence-corrected chi connectivity index (χ2v) is 6.03. The van der Waals surface area contributed by atoms with E-state index in [1.54, 1.807) is 6.92 Å². The quantitative estimate of drug-likeness (QED) is 0.490. The molecule has 0 unspecified atom stereocenters. The molecule has 10 heteroatoms. The molecule has 2 saturated heterocycles. The van der Waals surface area contributed by atoms with Crippen molar-refractivity contribution in [3.63, 3.8) is 0 Å². The van der Waals surface area contributed by atoms with Crippen LogP contribution in [0.1, 0.15) is 6.92 Å². The first kappa shape index (κ1) is 13.5. The molecule has 2 aliphatic rings. The van der Waals surface area contributed by atoms with Crippen molar-refractivity contribution in [2.75, 3.05) is 19.8 Å². The number of sulfonamides is 1. The minimum atomic E-state index is -3.54. The lowest BCUT2D eigenvalue weighted by atomic mass is 10.1. The van der Waals surface area contributed by atoms with Gasteiger partial charge in [0.05, 0.1) is 13.2 Å². The molecule has 1 N–H and O–H groups in total. The van der Waals surface area contributed by atoms with E-state index in [9.17, 15) is 18.5 Å². The van der Waals surface area contributed by atoms with Gasteiger partial charge in [-0.2, -0.15) is 0 Å². The van der Waals surface area contributed by atoms with E-state index in [2.05, 4.69) is 9.56 Å². The van der Waals surface area contributed by atoms with Crippen LogP contribution in [-0.4, -0.2) is 56.8 Å². The van der Waals surface area contributed by atoms with Crippen LogP contribution < -0.4 is 4.72 Å². The van der Waals surface area contributed by atoms with E-state index in [1.807, 2.05) is 0 Å². The highest BCUT2D eigenvalue weighted by Crippen LogP contribution is 2.31. The van der Waals surface area contributed by atoms with Gasteiger partial charge in [-0.05, 0) is 0 Å². The Balaban J connectivity index is 2.07. The van der Waals surface area contributed by atoms with Gasteiger partial charge in [0.1, 0.15) is 17.5 Å². The van der Waals surface area contributed by atoms with Crippen LogP contribution in [0.2, 0.25) is 0 Å². The van der Waals surface area contributed by atoms with E-state index < -0.39 is 38.7 Å². The van der Waals surface area contributed by atoms with Crippen LogP contribution in [0.4, 0.5) is 0 Å². The summed E-state index contributed by atoms with van der Waals surface area (Å²) in [5, 5.41) is 8.48. The molecule has 2 fully saturated rings. The Morgan fingerprint density at radius 3 is 2.67 bits per heavy atom. The van der Waals surface area contributed by atoms with Gasteiger partial charge in [0.15, 0.2) is 6.10 Å². The van der Waals surface area contributed by atoms with Crippen molar-refractivity contribution in [2.45, 2.75) is 30.5 Å². The van der Waals surface area contributed by atoms with Gasteiger partial charge in [0.2, 0.25) is 10.0 Å². The molecule has 0 aromatic heterocycles. The van der Waals surface area contributed by atoms with Crippen molar-refractivity contribution in [3.8, 4) is 0 Å². The van der Waals surface area contributed by atoms with Crippen LogP contribution in [0.5, 0.6) is 0 Å². The lowest BCUT2D eigenvalue weighted by Crippen LogP contribution is -2.43. The van der Waals surface area contributed by atoms with Gasteiger partial charge in [-0.3, -0.25) is 0 Å². The summed E-state index contributed by atoms with van der Waals surface area (Å²) in [6.07, 6.45) is -2.31. The molecule has 0 saturated carbocycles. The van der Waals surface area contributed by atoms with E-state index in [0.29, 0.717) is 0 Å². The molecule has 0 amide bonds. The highest BCUT2D eigenvalue weighted by atomic mass is 32.2. The molecule has 0 radical (unpaired) electrons. The van der Waals surface area contributed by atoms with Gasteiger partial charge >= 0.3 is 0 Å². The van der Waals surface area contributed by atoms with Gasteiger partial charge in [-0.15, -0.1) is 10.1 Å². The predicted molar refractivity (Wildman–Crippen MR) is 57.7 cm³/mol. The summed E-state index contributed by atoms with van der Waals surface area (Å²) in [4.78, 5) is 14.7. The predicted octanol–water partition coefficient (Wildman–Crippen LogP) is -1.33. The summed E-state index contributed by atoms with van der Waals surface area (Å²) in [7, 11) is -3.54. The third kappa shape index (κ3) is 2.41. The fourth-order valence-corrected chi connectivity index (χ4v) is 3.67. The summed E-state index contributed by atoms with van der Waals surface area (Å²) in [5.74, 6) is 0. The summed E-state index contributed by atoms with van der Waals surface area (Å²) in [5.41, 5.74) is 0. The first-order valence-electron chi connectivity index (χ1n) is 5.48. The summed E-state index contributed by atoms with van der Waals surface area (Å²) < 4.78 is 36.6. The molecule has 104 valence electrons. The zero-order chi connectivity index (χ0) is 13.3. The van der Waals surface area contributed by atoms with Gasteiger partial charge in [0, 0.05) is 6.54 Å². The molecule has 0 bridgehead atoms. The van der Waals surface area contributed by atoms with E-state index in [0.717, 1.165) is 0 Å². The van der Waals surface area contributed by atoms with Crippen LogP contribution in [0.15, 0.2) is 0 Å². The molecule has 0 aromatic carbocycles. The maximum absolute atomic E-state index is 11.9. The lowest BCUT2D eigenvalue weighted by molar-refractivity contribution is -0.769. The molecular weight excluding hydrogens is 268 g/mol. The lowest BCUT2D eigenvalue weighted by Gasteiger charge is -2.16. The Labute approximate surface area is 104 Å². The Morgan fingerprint density at radius 2 is 2.06 bits per heavy atom. The van der Waals surface area contributed by atoms with Gasteiger partial charge in [-0.1, -0.05) is 6.92 Å². The highest BCUT2D eigenvalue weighted by Gasteiger charge is 2.53. The molecule has 2 heterocycles. The topological polar surface area (TPSA) is 117 Å². The van der Waals surface area contributed by atoms with Crippen molar-refractivity contribution < 1.29 is 27.8 Å². The Bertz CT molecular complexity index is 425. The Hall–Kier alpha value is -0.970. The minimum absolute atomic E-state index is 0.0472. The van der Waals surface area contributed by atoms with Gasteiger partial charge in [-0.25, -0.2) is 13.1 Å². The SMILES string of the molecule is CCNS(=O)(=O)[C@H]1CO[C@H]2[C@@H]1OC[C@H]2O[N+](=O)[O-]. The molecule has 9 nitrogen and oxygen atoms in total. The minimum Gasteiger partial charge on any atom is -0.372 e. The Kier molecular flexibility index (Phi) is 3.71. The zero-order valence-electron chi connectivity index (χ0n) is 9.64. The number of ether oxygens (including phenoxy) is 2. The van der Waals surface area contributed by atoms with E-state index in [-0.39, 0.29) is 19.8 Å². The first-order chi connectivity index (χ1) is 8.45. The molecule has 18 heavy (non-hydrogen) atoms. The van der Waals surface area contributed by atoms with E-state index in [4.69, 9.17) is 9.47 Å². The van der Waals surface area contributed by atoms with Crippen molar-refractivity contribution in [1.82, 2.24) is 4.72 Å². The normalized spacial score (nSPS) is 35.4. The maximum Gasteiger partial charge on any atom is 0.294 e. The van der Waals surface area contributed by atoms with Crippen molar-refractivity contribution >= 4 is 10.0 Å². The summed E-state index contributed by atoms with van der Waals surface area (Å²) in [6.45, 7) is 1.83. The second-order valence-electron chi connectivity index (χ2n) is 4.04. The number of nitrogens with zero attached hydrogens (tertiary/aromatic N) is 1. The summed E-state index contributed by atoms with van der Waals surface area (Å²) in [6, 6.07) is 0. The molecule has 2 aliphatic heterocycles. The second kappa shape index (κ2) is 4.96. The van der Waals surface area contributed by atoms with Crippen LogP contribution in [0.25, 0.3) is 0 Å². The van der Waals surface area contributed by atoms with Gasteiger partial charge in [0.25, 0.3) is 5.09 Å². The largest absolute Gasteiger partial charge is 0.372 e. The first-order valence-corrected chi connectivity index (χ1v) is 7.03. The van der Waals surface area contributed by atoms with Gasteiger partial charge < -0.3 is 14.3 Å². The monoisotopic (exact) mass is 282 g/mol. The third-order valence-electron chi connectivity index (χ3n) is 2.93. The fraction of sp³-hybridized carbons (Fsp3) is 1.00. The van der Waals surface area contributed by atoms with Crippen LogP contribution in [0, 0.1) is 10.1 Å². The van der Waals surface area contributed by atoms with E-state index >= 15 is 0 Å². The average molecular weight is 282 g/mol. The maximum atomic E-state index is 11.9.